The molecule has 0 atom stereocenters. The van der Waals surface area contributed by atoms with Gasteiger partial charge in [-0.05, 0) is 37.1 Å². The Kier molecular flexibility index (Phi) is 4.07. The summed E-state index contributed by atoms with van der Waals surface area (Å²) in [4.78, 5) is 0. The van der Waals surface area contributed by atoms with Gasteiger partial charge in [0, 0.05) is 23.9 Å². The molecule has 1 aliphatic rings. The van der Waals surface area contributed by atoms with E-state index in [2.05, 4.69) is 16.4 Å². The molecule has 5 nitrogen and oxygen atoms in total. The highest BCUT2D eigenvalue weighted by atomic mass is 35.5. The number of benzene rings is 1. The Morgan fingerprint density at radius 3 is 2.76 bits per heavy atom. The van der Waals surface area contributed by atoms with Crippen molar-refractivity contribution >= 4 is 11.6 Å². The maximum atomic E-state index is 9.05. The molecule has 1 aromatic carbocycles. The van der Waals surface area contributed by atoms with Crippen LogP contribution in [-0.2, 0) is 6.54 Å². The topological polar surface area (TPSA) is 63.7 Å². The predicted molar refractivity (Wildman–Crippen MR) is 78.3 cm³/mol. The first-order chi connectivity index (χ1) is 10.3. The molecular weight excluding hydrogens is 288 g/mol. The van der Waals surface area contributed by atoms with Crippen LogP contribution in [0.4, 0.5) is 0 Å². The molecule has 0 amide bonds. The summed E-state index contributed by atoms with van der Waals surface area (Å²) in [5.41, 5.74) is 1.46. The molecule has 1 heterocycles. The zero-order valence-electron chi connectivity index (χ0n) is 11.5. The van der Waals surface area contributed by atoms with E-state index in [9.17, 15) is 0 Å². The van der Waals surface area contributed by atoms with Crippen LogP contribution in [0.1, 0.15) is 36.6 Å². The van der Waals surface area contributed by atoms with E-state index in [0.717, 1.165) is 30.7 Å². The molecule has 1 aliphatic carbocycles. The van der Waals surface area contributed by atoms with Gasteiger partial charge in [0.1, 0.15) is 11.8 Å². The van der Waals surface area contributed by atoms with Crippen LogP contribution < -0.4 is 4.74 Å². The Bertz CT molecular complexity index is 655. The van der Waals surface area contributed by atoms with E-state index < -0.39 is 0 Å². The summed E-state index contributed by atoms with van der Waals surface area (Å²) in [6.45, 7) is 1.31. The fourth-order valence-corrected chi connectivity index (χ4v) is 2.39. The Hall–Kier alpha value is -2.06. The van der Waals surface area contributed by atoms with E-state index in [1.54, 1.807) is 12.1 Å². The Morgan fingerprint density at radius 1 is 1.33 bits per heavy atom. The van der Waals surface area contributed by atoms with E-state index in [1.165, 1.54) is 0 Å². The maximum Gasteiger partial charge on any atom is 0.186 e. The van der Waals surface area contributed by atoms with Gasteiger partial charge in [0.2, 0.25) is 0 Å². The smallest absolute Gasteiger partial charge is 0.186 e. The van der Waals surface area contributed by atoms with Crippen molar-refractivity contribution in [1.82, 2.24) is 15.0 Å². The van der Waals surface area contributed by atoms with Crippen molar-refractivity contribution in [3.8, 4) is 11.8 Å². The second-order valence-corrected chi connectivity index (χ2v) is 5.52. The number of hydrogen-bond acceptors (Lipinski definition) is 4. The Morgan fingerprint density at radius 2 is 2.10 bits per heavy atom. The number of aryl methyl sites for hydroxylation is 1. The predicted octanol–water partition coefficient (Wildman–Crippen LogP) is 3.15. The molecule has 6 heteroatoms. The summed E-state index contributed by atoms with van der Waals surface area (Å²) in [5, 5.41) is 17.8. The van der Waals surface area contributed by atoms with Crippen molar-refractivity contribution in [1.29, 1.82) is 5.26 Å². The largest absolute Gasteiger partial charge is 0.494 e. The summed E-state index contributed by atoms with van der Waals surface area (Å²) in [6, 6.07) is 9.43. The average Bonchev–Trinajstić information content (AvgIpc) is 3.26. The highest BCUT2D eigenvalue weighted by molar-refractivity contribution is 6.30. The van der Waals surface area contributed by atoms with Crippen molar-refractivity contribution in [3.05, 3.63) is 40.7 Å². The van der Waals surface area contributed by atoms with E-state index in [4.69, 9.17) is 21.6 Å². The van der Waals surface area contributed by atoms with Crippen LogP contribution in [-0.4, -0.2) is 21.6 Å². The summed E-state index contributed by atoms with van der Waals surface area (Å²) < 4.78 is 7.50. The SMILES string of the molecule is N#Cc1nnn(CCCOc2ccc(Cl)cc2)c1C1CC1. The second-order valence-electron chi connectivity index (χ2n) is 5.09. The fraction of sp³-hybridized carbons (Fsp3) is 0.400. The van der Waals surface area contributed by atoms with Gasteiger partial charge in [-0.15, -0.1) is 5.10 Å². The quantitative estimate of drug-likeness (QED) is 0.769. The number of aromatic nitrogens is 3. The van der Waals surface area contributed by atoms with E-state index in [0.29, 0.717) is 29.8 Å². The second kappa shape index (κ2) is 6.15. The minimum absolute atomic E-state index is 0.465. The van der Waals surface area contributed by atoms with Crippen LogP contribution in [0.25, 0.3) is 0 Å². The number of ether oxygens (including phenoxy) is 1. The lowest BCUT2D eigenvalue weighted by atomic mass is 10.2. The number of nitriles is 1. The van der Waals surface area contributed by atoms with E-state index >= 15 is 0 Å². The normalized spacial score (nSPS) is 13.9. The fourth-order valence-electron chi connectivity index (χ4n) is 2.26. The molecular formula is C15H15ClN4O. The van der Waals surface area contributed by atoms with Gasteiger partial charge in [-0.3, -0.25) is 0 Å². The van der Waals surface area contributed by atoms with Gasteiger partial charge in [-0.2, -0.15) is 5.26 Å². The highest BCUT2D eigenvalue weighted by Gasteiger charge is 2.31. The van der Waals surface area contributed by atoms with Crippen LogP contribution in [0.2, 0.25) is 5.02 Å². The Balaban J connectivity index is 1.53. The number of hydrogen-bond donors (Lipinski definition) is 0. The first-order valence-corrected chi connectivity index (χ1v) is 7.37. The van der Waals surface area contributed by atoms with Gasteiger partial charge in [0.25, 0.3) is 0 Å². The van der Waals surface area contributed by atoms with Crippen LogP contribution in [0, 0.1) is 11.3 Å². The number of rotatable bonds is 6. The van der Waals surface area contributed by atoms with Crippen molar-refractivity contribution in [2.24, 2.45) is 0 Å². The van der Waals surface area contributed by atoms with Gasteiger partial charge in [0.15, 0.2) is 5.69 Å². The first-order valence-electron chi connectivity index (χ1n) is 7.00. The summed E-state index contributed by atoms with van der Waals surface area (Å²) in [6.07, 6.45) is 3.07. The maximum absolute atomic E-state index is 9.05. The molecule has 108 valence electrons. The van der Waals surface area contributed by atoms with Gasteiger partial charge < -0.3 is 4.74 Å². The third-order valence-corrected chi connectivity index (χ3v) is 3.69. The van der Waals surface area contributed by atoms with Crippen molar-refractivity contribution in [2.45, 2.75) is 31.7 Å². The molecule has 0 N–H and O–H groups in total. The standard InChI is InChI=1S/C15H15ClN4O/c16-12-4-6-13(7-5-12)21-9-1-8-20-15(11-2-3-11)14(10-17)18-19-20/h4-7,11H,1-3,8-9H2. The van der Waals surface area contributed by atoms with Crippen molar-refractivity contribution in [2.75, 3.05) is 6.61 Å². The lowest BCUT2D eigenvalue weighted by molar-refractivity contribution is 0.297. The molecule has 0 radical (unpaired) electrons. The Labute approximate surface area is 128 Å². The molecule has 0 spiro atoms. The molecule has 2 aromatic rings. The van der Waals surface area contributed by atoms with E-state index in [1.807, 2.05) is 16.8 Å². The van der Waals surface area contributed by atoms with E-state index in [-0.39, 0.29) is 0 Å². The monoisotopic (exact) mass is 302 g/mol. The molecule has 1 saturated carbocycles. The molecule has 3 rings (SSSR count). The van der Waals surface area contributed by atoms with Gasteiger partial charge >= 0.3 is 0 Å². The third-order valence-electron chi connectivity index (χ3n) is 3.44. The van der Waals surface area contributed by atoms with Crippen LogP contribution >= 0.6 is 11.6 Å². The van der Waals surface area contributed by atoms with Crippen LogP contribution in [0.15, 0.2) is 24.3 Å². The zero-order valence-corrected chi connectivity index (χ0v) is 12.3. The average molecular weight is 303 g/mol. The van der Waals surface area contributed by atoms with Gasteiger partial charge in [0.05, 0.1) is 12.3 Å². The molecule has 0 saturated heterocycles. The summed E-state index contributed by atoms with van der Waals surface area (Å²) in [5.74, 6) is 1.27. The molecule has 0 unspecified atom stereocenters. The number of halogens is 1. The highest BCUT2D eigenvalue weighted by Crippen LogP contribution is 2.40. The van der Waals surface area contributed by atoms with Gasteiger partial charge in [-0.25, -0.2) is 4.68 Å². The zero-order chi connectivity index (χ0) is 14.7. The lowest BCUT2D eigenvalue weighted by Gasteiger charge is -2.08. The number of nitrogens with zero attached hydrogens (tertiary/aromatic N) is 4. The summed E-state index contributed by atoms with van der Waals surface area (Å²) in [7, 11) is 0. The third kappa shape index (κ3) is 3.34. The molecule has 0 aliphatic heterocycles. The summed E-state index contributed by atoms with van der Waals surface area (Å²) >= 11 is 5.82. The van der Waals surface area contributed by atoms with Crippen LogP contribution in [0.5, 0.6) is 5.75 Å². The molecule has 1 fully saturated rings. The molecule has 0 bridgehead atoms. The van der Waals surface area contributed by atoms with Crippen LogP contribution in [0.3, 0.4) is 0 Å². The lowest BCUT2D eigenvalue weighted by Crippen LogP contribution is -2.09. The minimum Gasteiger partial charge on any atom is -0.494 e. The van der Waals surface area contributed by atoms with Crippen molar-refractivity contribution < 1.29 is 4.74 Å². The van der Waals surface area contributed by atoms with Crippen molar-refractivity contribution in [3.63, 3.8) is 0 Å². The minimum atomic E-state index is 0.465. The molecule has 1 aromatic heterocycles. The molecule has 21 heavy (non-hydrogen) atoms. The van der Waals surface area contributed by atoms with Gasteiger partial charge in [-0.1, -0.05) is 16.8 Å². The first kappa shape index (κ1) is 13.9.